The molecule has 3 aliphatic rings. The molecule has 9 heteroatoms. The highest BCUT2D eigenvalue weighted by molar-refractivity contribution is 7.98. The Labute approximate surface area is 215 Å². The Kier molecular flexibility index (Phi) is 8.77. The second-order valence-corrected chi connectivity index (χ2v) is 13.4. The Bertz CT molecular complexity index is 761. The van der Waals surface area contributed by atoms with Gasteiger partial charge in [-0.15, -0.1) is 0 Å². The fraction of sp³-hybridized carbons (Fsp3) is 0.923. The molecule has 0 aromatic heterocycles. The third-order valence-corrected chi connectivity index (χ3v) is 8.55. The summed E-state index contributed by atoms with van der Waals surface area (Å²) in [6, 6.07) is -0.593. The summed E-state index contributed by atoms with van der Waals surface area (Å²) in [5, 5.41) is 13.4. The van der Waals surface area contributed by atoms with Crippen LogP contribution in [-0.4, -0.2) is 88.8 Å². The van der Waals surface area contributed by atoms with Crippen LogP contribution in [0.5, 0.6) is 0 Å². The summed E-state index contributed by atoms with van der Waals surface area (Å²) >= 11 is 1.65. The van der Waals surface area contributed by atoms with Gasteiger partial charge in [0.05, 0.1) is 30.0 Å². The number of carbonyl (C=O) groups is 2. The third-order valence-electron chi connectivity index (χ3n) is 7.91. The number of hydrogen-bond acceptors (Lipinski definition) is 7. The van der Waals surface area contributed by atoms with Gasteiger partial charge in [-0.25, -0.2) is 4.79 Å². The van der Waals surface area contributed by atoms with Crippen molar-refractivity contribution in [3.8, 4) is 0 Å². The highest BCUT2D eigenvalue weighted by Gasteiger charge is 2.53. The number of carbonyl (C=O) groups excluding carboxylic acids is 2. The number of likely N-dealkylation sites (tertiary alicyclic amines) is 1. The first-order valence-corrected chi connectivity index (χ1v) is 14.4. The van der Waals surface area contributed by atoms with Gasteiger partial charge in [0.1, 0.15) is 11.6 Å². The van der Waals surface area contributed by atoms with E-state index in [2.05, 4.69) is 12.2 Å². The molecule has 1 spiro atoms. The number of fused-ring (bicyclic) bond motifs is 1. The number of nitrogens with one attached hydrogen (secondary N) is 1. The molecule has 2 N–H and O–H groups in total. The number of aliphatic hydroxyl groups is 1. The van der Waals surface area contributed by atoms with Crippen molar-refractivity contribution in [2.75, 3.05) is 31.7 Å². The van der Waals surface area contributed by atoms with Crippen molar-refractivity contribution in [2.24, 2.45) is 5.41 Å². The number of alkyl carbamates (subject to hydrolysis) is 1. The molecule has 0 aromatic rings. The molecule has 0 aromatic carbocycles. The maximum Gasteiger partial charge on any atom is 0.408 e. The summed E-state index contributed by atoms with van der Waals surface area (Å²) in [6.07, 6.45) is 5.37. The van der Waals surface area contributed by atoms with E-state index in [4.69, 9.17) is 14.2 Å². The third kappa shape index (κ3) is 7.05. The standard InChI is InChI=1S/C26H46N2O6S/c1-23(2,3)34-22(31)27-18(9-15-35-7)21(30)28-13-11-26(12-14-28)16-20-25(6,32-17-26)10-8-19(29)24(4,5)33-20/h18-20,29H,8-17H2,1-7H3,(H,27,31)/t18-,19+,20+,25-/m1/s1. The maximum absolute atomic E-state index is 13.4. The van der Waals surface area contributed by atoms with Gasteiger partial charge in [-0.1, -0.05) is 0 Å². The molecule has 35 heavy (non-hydrogen) atoms. The molecule has 0 bridgehead atoms. The van der Waals surface area contributed by atoms with Gasteiger partial charge in [0.15, 0.2) is 0 Å². The molecule has 3 fully saturated rings. The van der Waals surface area contributed by atoms with Crippen LogP contribution in [0.15, 0.2) is 0 Å². The summed E-state index contributed by atoms with van der Waals surface area (Å²) in [4.78, 5) is 27.6. The van der Waals surface area contributed by atoms with Crippen molar-refractivity contribution in [2.45, 2.75) is 115 Å². The number of ether oxygens (including phenoxy) is 3. The van der Waals surface area contributed by atoms with Crippen LogP contribution in [0.25, 0.3) is 0 Å². The Morgan fingerprint density at radius 3 is 2.46 bits per heavy atom. The highest BCUT2D eigenvalue weighted by atomic mass is 32.2. The normalized spacial score (nSPS) is 31.3. The van der Waals surface area contributed by atoms with Crippen molar-refractivity contribution >= 4 is 23.8 Å². The molecule has 202 valence electrons. The molecule has 2 amide bonds. The summed E-state index contributed by atoms with van der Waals surface area (Å²) < 4.78 is 18.3. The Hall–Kier alpha value is -1.03. The molecule has 3 rings (SSSR count). The molecule has 3 aliphatic heterocycles. The maximum atomic E-state index is 13.4. The topological polar surface area (TPSA) is 97.3 Å². The van der Waals surface area contributed by atoms with Crippen molar-refractivity contribution in [3.05, 3.63) is 0 Å². The van der Waals surface area contributed by atoms with Crippen LogP contribution in [0, 0.1) is 5.41 Å². The lowest BCUT2D eigenvalue weighted by atomic mass is 9.69. The van der Waals surface area contributed by atoms with E-state index in [0.717, 1.165) is 31.4 Å². The minimum Gasteiger partial charge on any atom is -0.444 e. The van der Waals surface area contributed by atoms with Gasteiger partial charge in [-0.2, -0.15) is 11.8 Å². The molecule has 3 heterocycles. The average molecular weight is 515 g/mol. The van der Waals surface area contributed by atoms with Crippen molar-refractivity contribution < 1.29 is 28.9 Å². The summed E-state index contributed by atoms with van der Waals surface area (Å²) in [5.41, 5.74) is -1.67. The number of amides is 2. The quantitative estimate of drug-likeness (QED) is 0.577. The molecule has 8 nitrogen and oxygen atoms in total. The molecular formula is C26H46N2O6S. The van der Waals surface area contributed by atoms with Gasteiger partial charge < -0.3 is 29.5 Å². The first-order valence-electron chi connectivity index (χ1n) is 13.0. The number of piperidine rings is 1. The van der Waals surface area contributed by atoms with E-state index in [9.17, 15) is 14.7 Å². The smallest absolute Gasteiger partial charge is 0.408 e. The van der Waals surface area contributed by atoms with E-state index in [1.54, 1.807) is 11.8 Å². The van der Waals surface area contributed by atoms with E-state index in [1.165, 1.54) is 0 Å². The zero-order chi connectivity index (χ0) is 26.1. The van der Waals surface area contributed by atoms with Crippen molar-refractivity contribution in [1.29, 1.82) is 0 Å². The Morgan fingerprint density at radius 2 is 1.86 bits per heavy atom. The van der Waals surface area contributed by atoms with Crippen molar-refractivity contribution in [1.82, 2.24) is 10.2 Å². The number of nitrogens with zero attached hydrogens (tertiary/aromatic N) is 1. The molecule has 0 aliphatic carbocycles. The van der Waals surface area contributed by atoms with Gasteiger partial charge >= 0.3 is 6.09 Å². The van der Waals surface area contributed by atoms with Crippen LogP contribution >= 0.6 is 11.8 Å². The zero-order valence-electron chi connectivity index (χ0n) is 22.6. The predicted octanol–water partition coefficient (Wildman–Crippen LogP) is 3.74. The van der Waals surface area contributed by atoms with Gasteiger partial charge in [0, 0.05) is 13.1 Å². The zero-order valence-corrected chi connectivity index (χ0v) is 23.5. The van der Waals surface area contributed by atoms with Crippen LogP contribution in [0.1, 0.15) is 80.1 Å². The lowest BCUT2D eigenvalue weighted by molar-refractivity contribution is -0.240. The number of aliphatic hydroxyl groups excluding tert-OH is 1. The Morgan fingerprint density at radius 1 is 1.20 bits per heavy atom. The minimum absolute atomic E-state index is 0.0420. The van der Waals surface area contributed by atoms with Gasteiger partial charge in [0.2, 0.25) is 5.91 Å². The fourth-order valence-electron chi connectivity index (χ4n) is 5.41. The molecule has 4 atom stereocenters. The average Bonchev–Trinajstić information content (AvgIpc) is 2.84. The van der Waals surface area contributed by atoms with E-state index in [-0.39, 0.29) is 17.4 Å². The summed E-state index contributed by atoms with van der Waals surface area (Å²) in [5.74, 6) is 0.730. The number of hydrogen-bond donors (Lipinski definition) is 2. The van der Waals surface area contributed by atoms with Gasteiger partial charge in [-0.3, -0.25) is 4.79 Å². The molecule has 0 unspecified atom stereocenters. The highest BCUT2D eigenvalue weighted by Crippen LogP contribution is 2.49. The molecule has 3 saturated heterocycles. The van der Waals surface area contributed by atoms with Crippen LogP contribution in [-0.2, 0) is 19.0 Å². The van der Waals surface area contributed by atoms with Crippen molar-refractivity contribution in [3.63, 3.8) is 0 Å². The largest absolute Gasteiger partial charge is 0.444 e. The summed E-state index contributed by atoms with van der Waals surface area (Å²) in [6.45, 7) is 13.4. The summed E-state index contributed by atoms with van der Waals surface area (Å²) in [7, 11) is 0. The van der Waals surface area contributed by atoms with E-state index >= 15 is 0 Å². The van der Waals surface area contributed by atoms with E-state index < -0.39 is 35.0 Å². The number of thioether (sulfide) groups is 1. The number of rotatable bonds is 5. The van der Waals surface area contributed by atoms with Crippen LogP contribution in [0.4, 0.5) is 4.79 Å². The first kappa shape index (κ1) is 28.5. The van der Waals surface area contributed by atoms with E-state index in [0.29, 0.717) is 32.5 Å². The lowest BCUT2D eigenvalue weighted by Crippen LogP contribution is -2.59. The molecular weight excluding hydrogens is 468 g/mol. The van der Waals surface area contributed by atoms with Crippen LogP contribution in [0.3, 0.4) is 0 Å². The van der Waals surface area contributed by atoms with Gasteiger partial charge in [0.25, 0.3) is 0 Å². The minimum atomic E-state index is -0.616. The van der Waals surface area contributed by atoms with E-state index in [1.807, 2.05) is 45.8 Å². The Balaban J connectivity index is 1.63. The van der Waals surface area contributed by atoms with Crippen LogP contribution < -0.4 is 5.32 Å². The second-order valence-electron chi connectivity index (χ2n) is 12.4. The fourth-order valence-corrected chi connectivity index (χ4v) is 5.88. The monoisotopic (exact) mass is 514 g/mol. The van der Waals surface area contributed by atoms with Gasteiger partial charge in [-0.05, 0) is 97.5 Å². The van der Waals surface area contributed by atoms with Crippen LogP contribution in [0.2, 0.25) is 0 Å². The second kappa shape index (κ2) is 10.8. The molecule has 0 radical (unpaired) electrons. The first-order chi connectivity index (χ1) is 16.2. The SMILES string of the molecule is CSCC[C@@H](NC(=O)OC(C)(C)C)C(=O)N1CCC2(CC1)CO[C@]1(C)CC[C@H](O)C(C)(C)O[C@H]1C2. The molecule has 0 saturated carbocycles. The predicted molar refractivity (Wildman–Crippen MR) is 138 cm³/mol. The lowest BCUT2D eigenvalue weighted by Gasteiger charge is -2.52.